The van der Waals surface area contributed by atoms with Crippen molar-refractivity contribution < 1.29 is 14.3 Å². The van der Waals surface area contributed by atoms with E-state index in [-0.39, 0.29) is 23.5 Å². The van der Waals surface area contributed by atoms with Crippen LogP contribution in [0.4, 0.5) is 10.5 Å². The number of carbonyl (C=O) groups is 2. The highest BCUT2D eigenvalue weighted by molar-refractivity contribution is 7.98. The van der Waals surface area contributed by atoms with Crippen molar-refractivity contribution in [3.8, 4) is 12.3 Å². The van der Waals surface area contributed by atoms with Gasteiger partial charge in [-0.1, -0.05) is 24.4 Å². The van der Waals surface area contributed by atoms with Gasteiger partial charge in [-0.3, -0.25) is 9.69 Å². The highest BCUT2D eigenvalue weighted by atomic mass is 35.5. The summed E-state index contributed by atoms with van der Waals surface area (Å²) >= 11 is 7.67. The van der Waals surface area contributed by atoms with Gasteiger partial charge in [0, 0.05) is 11.7 Å². The summed E-state index contributed by atoms with van der Waals surface area (Å²) in [5.41, 5.74) is -0.380. The van der Waals surface area contributed by atoms with Gasteiger partial charge in [-0.25, -0.2) is 4.79 Å². The number of halogens is 1. The Morgan fingerprint density at radius 1 is 1.54 bits per heavy atom. The normalized spacial score (nSPS) is 12.4. The van der Waals surface area contributed by atoms with Crippen molar-refractivity contribution in [2.45, 2.75) is 33.3 Å². The van der Waals surface area contributed by atoms with Crippen LogP contribution in [-0.4, -0.2) is 45.9 Å². The van der Waals surface area contributed by atoms with Gasteiger partial charge in [-0.2, -0.15) is 16.4 Å². The number of thioether (sulfide) groups is 1. The number of terminal acetylenes is 1. The van der Waals surface area contributed by atoms with Crippen molar-refractivity contribution in [2.24, 2.45) is 5.92 Å². The lowest BCUT2D eigenvalue weighted by Gasteiger charge is -2.22. The number of rotatable bonds is 5. The number of anilines is 1. The molecule has 24 heavy (non-hydrogen) atoms. The largest absolute Gasteiger partial charge is 0.442 e. The first-order valence-corrected chi connectivity index (χ1v) is 9.10. The van der Waals surface area contributed by atoms with Crippen LogP contribution in [0.1, 0.15) is 27.7 Å². The van der Waals surface area contributed by atoms with E-state index in [1.54, 1.807) is 32.5 Å². The minimum absolute atomic E-state index is 0.0146. The highest BCUT2D eigenvalue weighted by Gasteiger charge is 2.27. The van der Waals surface area contributed by atoms with Gasteiger partial charge in [-0.15, -0.1) is 11.5 Å². The van der Waals surface area contributed by atoms with Gasteiger partial charge in [0.05, 0.1) is 12.7 Å². The molecule has 1 amide bonds. The summed E-state index contributed by atoms with van der Waals surface area (Å²) in [6.45, 7) is 7.09. The fraction of sp³-hybridized carbons (Fsp3) is 0.562. The maximum atomic E-state index is 12.6. The SMILES string of the molecule is C#CCN(C(=O)C(C)CSC)c1cn(C(=O)OC(C)(C)C)nc1Cl. The Hall–Kier alpha value is -1.65. The predicted octanol–water partition coefficient (Wildman–Crippen LogP) is 3.29. The third-order valence-corrected chi connectivity index (χ3v) is 3.98. The molecule has 0 spiro atoms. The molecule has 132 valence electrons. The molecule has 0 aromatic carbocycles. The molecule has 1 aromatic rings. The molecule has 1 atom stereocenters. The fourth-order valence-corrected chi connectivity index (χ4v) is 2.76. The van der Waals surface area contributed by atoms with Crippen molar-refractivity contribution in [1.29, 1.82) is 0 Å². The lowest BCUT2D eigenvalue weighted by Crippen LogP contribution is -2.36. The lowest BCUT2D eigenvalue weighted by atomic mass is 10.2. The summed E-state index contributed by atoms with van der Waals surface area (Å²) in [6.07, 6.45) is 7.97. The number of ether oxygens (including phenoxy) is 1. The average Bonchev–Trinajstić information content (AvgIpc) is 2.84. The number of aromatic nitrogens is 2. The van der Waals surface area contributed by atoms with E-state index in [2.05, 4.69) is 11.0 Å². The molecular weight excluding hydrogens is 350 g/mol. The van der Waals surface area contributed by atoms with Crippen molar-refractivity contribution >= 4 is 41.1 Å². The minimum Gasteiger partial charge on any atom is -0.442 e. The Morgan fingerprint density at radius 2 is 2.17 bits per heavy atom. The molecule has 0 aliphatic heterocycles. The van der Waals surface area contributed by atoms with Crippen molar-refractivity contribution in [3.05, 3.63) is 11.3 Å². The Morgan fingerprint density at radius 3 is 2.67 bits per heavy atom. The zero-order valence-corrected chi connectivity index (χ0v) is 16.1. The molecule has 1 rings (SSSR count). The molecule has 0 fully saturated rings. The van der Waals surface area contributed by atoms with E-state index in [9.17, 15) is 9.59 Å². The molecule has 0 saturated heterocycles. The quantitative estimate of drug-likeness (QED) is 0.743. The molecule has 0 aliphatic carbocycles. The average molecular weight is 372 g/mol. The molecule has 1 heterocycles. The van der Waals surface area contributed by atoms with E-state index in [4.69, 9.17) is 22.8 Å². The number of amides is 1. The Kier molecular flexibility index (Phi) is 7.18. The number of hydrogen-bond acceptors (Lipinski definition) is 5. The molecular formula is C16H22ClN3O3S. The topological polar surface area (TPSA) is 64.4 Å². The molecule has 1 aromatic heterocycles. The first kappa shape index (κ1) is 20.4. The monoisotopic (exact) mass is 371 g/mol. The second-order valence-electron chi connectivity index (χ2n) is 6.21. The van der Waals surface area contributed by atoms with Crippen LogP contribution in [0.25, 0.3) is 0 Å². The molecule has 8 heteroatoms. The number of nitrogens with zero attached hydrogens (tertiary/aromatic N) is 3. The fourth-order valence-electron chi connectivity index (χ4n) is 1.89. The lowest BCUT2D eigenvalue weighted by molar-refractivity contribution is -0.121. The van der Waals surface area contributed by atoms with Crippen molar-refractivity contribution in [3.63, 3.8) is 0 Å². The molecule has 1 unspecified atom stereocenters. The number of hydrogen-bond donors (Lipinski definition) is 0. The maximum absolute atomic E-state index is 12.6. The highest BCUT2D eigenvalue weighted by Crippen LogP contribution is 2.26. The first-order chi connectivity index (χ1) is 11.1. The van der Waals surface area contributed by atoms with Crippen LogP contribution in [0.5, 0.6) is 0 Å². The van der Waals surface area contributed by atoms with E-state index in [1.165, 1.54) is 11.1 Å². The molecule has 0 aliphatic rings. The van der Waals surface area contributed by atoms with Gasteiger partial charge in [0.15, 0.2) is 5.15 Å². The van der Waals surface area contributed by atoms with E-state index >= 15 is 0 Å². The van der Waals surface area contributed by atoms with Crippen LogP contribution in [0, 0.1) is 18.3 Å². The molecule has 0 bridgehead atoms. The van der Waals surface area contributed by atoms with Crippen LogP contribution in [0.3, 0.4) is 0 Å². The maximum Gasteiger partial charge on any atom is 0.435 e. The molecule has 6 nitrogen and oxygen atoms in total. The van der Waals surface area contributed by atoms with Crippen molar-refractivity contribution in [1.82, 2.24) is 9.78 Å². The molecule has 0 saturated carbocycles. The third kappa shape index (κ3) is 5.46. The smallest absolute Gasteiger partial charge is 0.435 e. The molecule has 0 radical (unpaired) electrons. The Balaban J connectivity index is 3.11. The second-order valence-corrected chi connectivity index (χ2v) is 7.48. The standard InChI is InChI=1S/C16H22ClN3O3S/c1-7-8-19(14(21)11(2)10-24-6)12-9-20(18-13(12)17)15(22)23-16(3,4)5/h1,9,11H,8,10H2,2-6H3. The summed E-state index contributed by atoms with van der Waals surface area (Å²) in [7, 11) is 0. The van der Waals surface area contributed by atoms with E-state index in [0.29, 0.717) is 11.4 Å². The minimum atomic E-state index is -0.680. The summed E-state index contributed by atoms with van der Waals surface area (Å²) in [4.78, 5) is 26.0. The van der Waals surface area contributed by atoms with Gasteiger partial charge in [0.1, 0.15) is 11.3 Å². The van der Waals surface area contributed by atoms with E-state index in [0.717, 1.165) is 4.68 Å². The third-order valence-electron chi connectivity index (χ3n) is 2.88. The number of carbonyl (C=O) groups excluding carboxylic acids is 2. The summed E-state index contributed by atoms with van der Waals surface area (Å²) in [5, 5.41) is 3.94. The van der Waals surface area contributed by atoms with Gasteiger partial charge < -0.3 is 4.74 Å². The zero-order chi connectivity index (χ0) is 18.5. The van der Waals surface area contributed by atoms with Crippen LogP contribution in [0.2, 0.25) is 5.15 Å². The second kappa shape index (κ2) is 8.45. The summed E-state index contributed by atoms with van der Waals surface area (Å²) in [6, 6.07) is 0. The Bertz CT molecular complexity index is 646. The summed E-state index contributed by atoms with van der Waals surface area (Å²) in [5.74, 6) is 2.67. The van der Waals surface area contributed by atoms with Gasteiger partial charge in [-0.05, 0) is 27.0 Å². The van der Waals surface area contributed by atoms with Crippen LogP contribution in [-0.2, 0) is 9.53 Å². The van der Waals surface area contributed by atoms with Gasteiger partial charge in [0.2, 0.25) is 5.91 Å². The van der Waals surface area contributed by atoms with Gasteiger partial charge in [0.25, 0.3) is 0 Å². The Labute approximate surface area is 151 Å². The van der Waals surface area contributed by atoms with E-state index < -0.39 is 11.7 Å². The van der Waals surface area contributed by atoms with E-state index in [1.807, 2.05) is 13.2 Å². The van der Waals surface area contributed by atoms with Crippen LogP contribution >= 0.6 is 23.4 Å². The van der Waals surface area contributed by atoms with Gasteiger partial charge >= 0.3 is 6.09 Å². The first-order valence-electron chi connectivity index (χ1n) is 7.33. The predicted molar refractivity (Wildman–Crippen MR) is 97.6 cm³/mol. The zero-order valence-electron chi connectivity index (χ0n) is 14.5. The van der Waals surface area contributed by atoms with Crippen LogP contribution < -0.4 is 4.90 Å². The molecule has 0 N–H and O–H groups in total. The van der Waals surface area contributed by atoms with Crippen LogP contribution in [0.15, 0.2) is 6.20 Å². The summed E-state index contributed by atoms with van der Waals surface area (Å²) < 4.78 is 6.21. The van der Waals surface area contributed by atoms with Crippen molar-refractivity contribution in [2.75, 3.05) is 23.5 Å².